The summed E-state index contributed by atoms with van der Waals surface area (Å²) in [5, 5.41) is 0. The van der Waals surface area contributed by atoms with E-state index in [-0.39, 0.29) is 12.8 Å². The van der Waals surface area contributed by atoms with Gasteiger partial charge in [-0.1, -0.05) is 0 Å². The molecule has 0 bridgehead atoms. The summed E-state index contributed by atoms with van der Waals surface area (Å²) in [7, 11) is 0. The van der Waals surface area contributed by atoms with Crippen molar-refractivity contribution < 1.29 is 14.3 Å². The van der Waals surface area contributed by atoms with Crippen LogP contribution in [0.5, 0.6) is 0 Å². The maximum Gasteiger partial charge on any atom is 0.295 e. The summed E-state index contributed by atoms with van der Waals surface area (Å²) in [6.07, 6.45) is 1.83. The van der Waals surface area contributed by atoms with Crippen molar-refractivity contribution in [2.75, 3.05) is 13.4 Å². The lowest BCUT2D eigenvalue weighted by Crippen LogP contribution is -2.15. The predicted molar refractivity (Wildman–Crippen MR) is 40.9 cm³/mol. The van der Waals surface area contributed by atoms with Crippen LogP contribution in [-0.4, -0.2) is 25.9 Å². The molecule has 1 unspecified atom stereocenters. The van der Waals surface area contributed by atoms with Crippen LogP contribution in [0.15, 0.2) is 0 Å². The van der Waals surface area contributed by atoms with Gasteiger partial charge in [0, 0.05) is 6.04 Å². The van der Waals surface area contributed by atoms with E-state index in [2.05, 4.69) is 4.74 Å². The van der Waals surface area contributed by atoms with E-state index < -0.39 is 0 Å². The Morgan fingerprint density at radius 2 is 2.36 bits per heavy atom. The average molecular weight is 161 g/mol. The van der Waals surface area contributed by atoms with Gasteiger partial charge in [-0.3, -0.25) is 4.79 Å². The van der Waals surface area contributed by atoms with E-state index in [1.165, 1.54) is 0 Å². The molecule has 0 rings (SSSR count). The second kappa shape index (κ2) is 7.50. The Morgan fingerprint density at radius 1 is 1.64 bits per heavy atom. The highest BCUT2D eigenvalue weighted by Crippen LogP contribution is 1.93. The maximum absolute atomic E-state index is 9.62. The van der Waals surface area contributed by atoms with Gasteiger partial charge in [-0.05, 0) is 19.8 Å². The molecule has 4 heteroatoms. The topological polar surface area (TPSA) is 61.6 Å². The molecule has 1 atom stereocenters. The van der Waals surface area contributed by atoms with Crippen LogP contribution in [0.3, 0.4) is 0 Å². The number of hydrogen-bond donors (Lipinski definition) is 1. The molecule has 0 aliphatic carbocycles. The summed E-state index contributed by atoms with van der Waals surface area (Å²) in [5.41, 5.74) is 5.49. The first-order valence-electron chi connectivity index (χ1n) is 3.66. The molecule has 66 valence electrons. The van der Waals surface area contributed by atoms with E-state index in [1.807, 2.05) is 6.92 Å². The monoisotopic (exact) mass is 161 g/mol. The molecule has 0 aromatic rings. The molecule has 0 aliphatic heterocycles. The van der Waals surface area contributed by atoms with Crippen LogP contribution in [-0.2, 0) is 14.3 Å². The summed E-state index contributed by atoms with van der Waals surface area (Å²) in [6.45, 7) is 2.95. The highest BCUT2D eigenvalue weighted by molar-refractivity contribution is 5.36. The molecule has 0 amide bonds. The van der Waals surface area contributed by atoms with E-state index in [0.717, 1.165) is 12.8 Å². The minimum atomic E-state index is 0.0441. The molecule has 0 fully saturated rings. The minimum absolute atomic E-state index is 0.0441. The van der Waals surface area contributed by atoms with E-state index in [9.17, 15) is 4.79 Å². The summed E-state index contributed by atoms with van der Waals surface area (Å²) < 4.78 is 9.22. The number of carbonyl (C=O) groups excluding carboxylic acids is 1. The SMILES string of the molecule is CC(N)CCCOCOC=O. The summed E-state index contributed by atoms with van der Waals surface area (Å²) in [6, 6.07) is 0.214. The molecule has 0 spiro atoms. The third-order valence-electron chi connectivity index (χ3n) is 1.17. The first kappa shape index (κ1) is 10.4. The second-order valence-electron chi connectivity index (χ2n) is 2.41. The molecule has 0 aromatic heterocycles. The van der Waals surface area contributed by atoms with E-state index >= 15 is 0 Å². The lowest BCUT2D eigenvalue weighted by Gasteiger charge is -2.04. The maximum atomic E-state index is 9.62. The fourth-order valence-electron chi connectivity index (χ4n) is 0.642. The van der Waals surface area contributed by atoms with Gasteiger partial charge < -0.3 is 15.2 Å². The molecule has 11 heavy (non-hydrogen) atoms. The Kier molecular flexibility index (Phi) is 7.08. The Balaban J connectivity index is 2.85. The smallest absolute Gasteiger partial charge is 0.295 e. The first-order chi connectivity index (χ1) is 5.27. The second-order valence-corrected chi connectivity index (χ2v) is 2.41. The predicted octanol–water partition coefficient (Wildman–Crippen LogP) is 0.261. The zero-order valence-corrected chi connectivity index (χ0v) is 6.79. The molecule has 0 radical (unpaired) electrons. The number of hydrogen-bond acceptors (Lipinski definition) is 4. The summed E-state index contributed by atoms with van der Waals surface area (Å²) >= 11 is 0. The van der Waals surface area contributed by atoms with Crippen LogP contribution in [0.4, 0.5) is 0 Å². The molecule has 0 aromatic carbocycles. The zero-order valence-electron chi connectivity index (χ0n) is 6.79. The van der Waals surface area contributed by atoms with Gasteiger partial charge in [0.25, 0.3) is 6.47 Å². The van der Waals surface area contributed by atoms with Gasteiger partial charge in [0.15, 0.2) is 6.79 Å². The fourth-order valence-corrected chi connectivity index (χ4v) is 0.642. The Labute approximate surface area is 66.7 Å². The normalized spacial score (nSPS) is 12.5. The van der Waals surface area contributed by atoms with Crippen LogP contribution in [0, 0.1) is 0 Å². The molecule has 0 heterocycles. The molecule has 4 nitrogen and oxygen atoms in total. The van der Waals surface area contributed by atoms with Crippen LogP contribution < -0.4 is 5.73 Å². The average Bonchev–Trinajstić information content (AvgIpc) is 1.96. The third kappa shape index (κ3) is 9.39. The molecule has 0 saturated heterocycles. The van der Waals surface area contributed by atoms with Crippen molar-refractivity contribution in [1.82, 2.24) is 0 Å². The molecule has 0 saturated carbocycles. The van der Waals surface area contributed by atoms with Crippen molar-refractivity contribution in [3.63, 3.8) is 0 Å². The van der Waals surface area contributed by atoms with Crippen molar-refractivity contribution in [3.05, 3.63) is 0 Å². The summed E-state index contributed by atoms with van der Waals surface area (Å²) in [4.78, 5) is 9.62. The van der Waals surface area contributed by atoms with Gasteiger partial charge in [0.05, 0.1) is 6.61 Å². The van der Waals surface area contributed by atoms with Crippen LogP contribution in [0.2, 0.25) is 0 Å². The van der Waals surface area contributed by atoms with Crippen molar-refractivity contribution in [3.8, 4) is 0 Å². The number of nitrogens with two attached hydrogens (primary N) is 1. The highest BCUT2D eigenvalue weighted by Gasteiger charge is 1.93. The summed E-state index contributed by atoms with van der Waals surface area (Å²) in [5.74, 6) is 0. The quantitative estimate of drug-likeness (QED) is 0.330. The first-order valence-corrected chi connectivity index (χ1v) is 3.66. The van der Waals surface area contributed by atoms with E-state index in [1.54, 1.807) is 0 Å². The van der Waals surface area contributed by atoms with E-state index in [0.29, 0.717) is 13.1 Å². The largest absolute Gasteiger partial charge is 0.441 e. The Bertz CT molecular complexity index is 95.7. The van der Waals surface area contributed by atoms with Crippen molar-refractivity contribution in [2.45, 2.75) is 25.8 Å². The Morgan fingerprint density at radius 3 is 2.91 bits per heavy atom. The number of rotatable bonds is 7. The highest BCUT2D eigenvalue weighted by atomic mass is 16.7. The van der Waals surface area contributed by atoms with Crippen LogP contribution in [0.1, 0.15) is 19.8 Å². The van der Waals surface area contributed by atoms with Crippen molar-refractivity contribution in [2.24, 2.45) is 5.73 Å². The molecular weight excluding hydrogens is 146 g/mol. The number of ether oxygens (including phenoxy) is 2. The van der Waals surface area contributed by atoms with Gasteiger partial charge >= 0.3 is 0 Å². The third-order valence-corrected chi connectivity index (χ3v) is 1.17. The molecule has 2 N–H and O–H groups in total. The Hall–Kier alpha value is -0.610. The van der Waals surface area contributed by atoms with Crippen molar-refractivity contribution in [1.29, 1.82) is 0 Å². The molecular formula is C7H15NO3. The van der Waals surface area contributed by atoms with Gasteiger partial charge in [-0.25, -0.2) is 0 Å². The minimum Gasteiger partial charge on any atom is -0.441 e. The van der Waals surface area contributed by atoms with Gasteiger partial charge in [0.1, 0.15) is 0 Å². The van der Waals surface area contributed by atoms with Gasteiger partial charge in [-0.15, -0.1) is 0 Å². The number of carbonyl (C=O) groups is 1. The lowest BCUT2D eigenvalue weighted by atomic mass is 10.2. The zero-order chi connectivity index (χ0) is 8.53. The molecule has 0 aliphatic rings. The van der Waals surface area contributed by atoms with E-state index in [4.69, 9.17) is 10.5 Å². The van der Waals surface area contributed by atoms with Crippen LogP contribution >= 0.6 is 0 Å². The van der Waals surface area contributed by atoms with Crippen molar-refractivity contribution >= 4 is 6.47 Å². The fraction of sp³-hybridized carbons (Fsp3) is 0.857. The van der Waals surface area contributed by atoms with Gasteiger partial charge in [0.2, 0.25) is 0 Å². The lowest BCUT2D eigenvalue weighted by molar-refractivity contribution is -0.140. The standard InChI is InChI=1S/C7H15NO3/c1-7(8)3-2-4-10-6-11-5-9/h5,7H,2-4,6,8H2,1H3. The van der Waals surface area contributed by atoms with Crippen LogP contribution in [0.25, 0.3) is 0 Å². The van der Waals surface area contributed by atoms with Gasteiger partial charge in [-0.2, -0.15) is 0 Å².